The van der Waals surface area contributed by atoms with Crippen LogP contribution in [0.3, 0.4) is 0 Å². The molecule has 0 saturated carbocycles. The summed E-state index contributed by atoms with van der Waals surface area (Å²) in [5.41, 5.74) is 0.814. The Kier molecular flexibility index (Phi) is 4.86. The molecule has 0 atom stereocenters. The molecule has 160 valence electrons. The molecule has 10 nitrogen and oxygen atoms in total. The maximum atomic E-state index is 11.0. The van der Waals surface area contributed by atoms with Crippen LogP contribution in [0.4, 0.5) is 0 Å². The summed E-state index contributed by atoms with van der Waals surface area (Å²) in [6.07, 6.45) is 4.64. The van der Waals surface area contributed by atoms with E-state index in [0.29, 0.717) is 30.6 Å². The van der Waals surface area contributed by atoms with Gasteiger partial charge in [0.25, 0.3) is 5.95 Å². The van der Waals surface area contributed by atoms with Crippen molar-refractivity contribution in [2.24, 2.45) is 0 Å². The molecule has 10 heteroatoms. The molecule has 3 heterocycles. The van der Waals surface area contributed by atoms with E-state index < -0.39 is 5.97 Å². The van der Waals surface area contributed by atoms with E-state index in [2.05, 4.69) is 20.2 Å². The Hall–Kier alpha value is -4.47. The Morgan fingerprint density at radius 1 is 1.03 bits per heavy atom. The van der Waals surface area contributed by atoms with E-state index in [1.165, 1.54) is 23.3 Å². The highest BCUT2D eigenvalue weighted by atomic mass is 16.5. The van der Waals surface area contributed by atoms with Crippen molar-refractivity contribution in [2.75, 3.05) is 6.61 Å². The van der Waals surface area contributed by atoms with Gasteiger partial charge in [0.15, 0.2) is 0 Å². The van der Waals surface area contributed by atoms with Crippen LogP contribution in [0.1, 0.15) is 16.8 Å². The van der Waals surface area contributed by atoms with Gasteiger partial charge in [-0.05, 0) is 11.5 Å². The van der Waals surface area contributed by atoms with Crippen LogP contribution < -0.4 is 4.74 Å². The van der Waals surface area contributed by atoms with Gasteiger partial charge in [-0.1, -0.05) is 36.4 Å². The van der Waals surface area contributed by atoms with Crippen LogP contribution in [0.25, 0.3) is 27.8 Å². The van der Waals surface area contributed by atoms with Crippen LogP contribution in [-0.2, 0) is 6.54 Å². The van der Waals surface area contributed by atoms with Crippen LogP contribution in [0.2, 0.25) is 0 Å². The number of aromatic nitrogens is 6. The number of rotatable bonds is 7. The van der Waals surface area contributed by atoms with Gasteiger partial charge in [0, 0.05) is 24.5 Å². The van der Waals surface area contributed by atoms with Gasteiger partial charge in [0.2, 0.25) is 5.88 Å². The van der Waals surface area contributed by atoms with E-state index in [1.807, 2.05) is 42.5 Å². The molecule has 0 saturated heterocycles. The first-order chi connectivity index (χ1) is 15.6. The molecule has 32 heavy (non-hydrogen) atoms. The first-order valence-corrected chi connectivity index (χ1v) is 9.91. The third kappa shape index (κ3) is 3.58. The fourth-order valence-electron chi connectivity index (χ4n) is 3.50. The number of carboxylic acids is 1. The van der Waals surface area contributed by atoms with E-state index in [-0.39, 0.29) is 17.4 Å². The molecule has 3 aromatic heterocycles. The predicted octanol–water partition coefficient (Wildman–Crippen LogP) is 3.04. The summed E-state index contributed by atoms with van der Waals surface area (Å²) in [6.45, 7) is 0.968. The van der Waals surface area contributed by atoms with Crippen LogP contribution in [0.15, 0.2) is 61.1 Å². The number of fused-ring (bicyclic) bond motifs is 2. The summed E-state index contributed by atoms with van der Waals surface area (Å²) >= 11 is 0. The highest BCUT2D eigenvalue weighted by Gasteiger charge is 2.15. The number of ether oxygens (including phenoxy) is 1. The lowest BCUT2D eigenvalue weighted by Crippen LogP contribution is -2.07. The number of hydrogen-bond donors (Lipinski definition) is 2. The van der Waals surface area contributed by atoms with Gasteiger partial charge in [0.05, 0.1) is 24.6 Å². The summed E-state index contributed by atoms with van der Waals surface area (Å²) in [5, 5.41) is 29.9. The van der Waals surface area contributed by atoms with Crippen molar-refractivity contribution in [3.8, 4) is 17.6 Å². The average Bonchev–Trinajstić information content (AvgIpc) is 3.45. The molecule has 0 unspecified atom stereocenters. The minimum absolute atomic E-state index is 0.00456. The lowest BCUT2D eigenvalue weighted by atomic mass is 10.1. The van der Waals surface area contributed by atoms with Gasteiger partial charge in [-0.2, -0.15) is 15.2 Å². The monoisotopic (exact) mass is 430 g/mol. The van der Waals surface area contributed by atoms with Crippen LogP contribution in [0.5, 0.6) is 11.6 Å². The molecule has 2 aromatic carbocycles. The minimum Gasteiger partial charge on any atom is -0.493 e. The number of carbonyl (C=O) groups is 1. The zero-order valence-corrected chi connectivity index (χ0v) is 16.8. The number of carboxylic acid groups (broad SMARTS) is 1. The lowest BCUT2D eigenvalue weighted by Gasteiger charge is -2.10. The van der Waals surface area contributed by atoms with Gasteiger partial charge in [-0.3, -0.25) is 4.68 Å². The molecule has 0 aliphatic carbocycles. The third-order valence-corrected chi connectivity index (χ3v) is 5.01. The quantitative estimate of drug-likeness (QED) is 0.377. The van der Waals surface area contributed by atoms with E-state index >= 15 is 0 Å². The summed E-state index contributed by atoms with van der Waals surface area (Å²) in [4.78, 5) is 19.4. The minimum atomic E-state index is -1.11. The van der Waals surface area contributed by atoms with Gasteiger partial charge in [-0.25, -0.2) is 14.5 Å². The maximum Gasteiger partial charge on any atom is 0.338 e. The van der Waals surface area contributed by atoms with E-state index in [0.717, 1.165) is 16.5 Å². The Morgan fingerprint density at radius 2 is 1.88 bits per heavy atom. The smallest absolute Gasteiger partial charge is 0.338 e. The Morgan fingerprint density at radius 3 is 2.72 bits per heavy atom. The molecule has 5 rings (SSSR count). The summed E-state index contributed by atoms with van der Waals surface area (Å²) < 4.78 is 8.77. The molecule has 5 aromatic rings. The molecule has 0 amide bonds. The molecule has 0 aliphatic rings. The lowest BCUT2D eigenvalue weighted by molar-refractivity contribution is 0.0697. The van der Waals surface area contributed by atoms with Crippen molar-refractivity contribution < 1.29 is 19.7 Å². The first kappa shape index (κ1) is 19.5. The third-order valence-electron chi connectivity index (χ3n) is 5.01. The second-order valence-corrected chi connectivity index (χ2v) is 7.11. The van der Waals surface area contributed by atoms with Crippen LogP contribution in [-0.4, -0.2) is 52.3 Å². The number of nitrogens with zero attached hydrogens (tertiary/aromatic N) is 6. The summed E-state index contributed by atoms with van der Waals surface area (Å²) in [6, 6.07) is 14.0. The van der Waals surface area contributed by atoms with E-state index in [1.54, 1.807) is 4.68 Å². The fourth-order valence-corrected chi connectivity index (χ4v) is 3.50. The Bertz CT molecular complexity index is 1440. The molecule has 0 radical (unpaired) electrons. The van der Waals surface area contributed by atoms with Gasteiger partial charge in [-0.15, -0.1) is 0 Å². The Labute approximate surface area is 181 Å². The van der Waals surface area contributed by atoms with Crippen molar-refractivity contribution in [1.29, 1.82) is 0 Å². The average molecular weight is 430 g/mol. The summed E-state index contributed by atoms with van der Waals surface area (Å²) in [7, 11) is 0. The van der Waals surface area contributed by atoms with Crippen molar-refractivity contribution in [3.05, 3.63) is 66.6 Å². The fraction of sp³-hybridized carbons (Fsp3) is 0.136. The zero-order valence-electron chi connectivity index (χ0n) is 16.8. The molecular formula is C22H18N6O4. The number of hydrogen-bond acceptors (Lipinski definition) is 7. The highest BCUT2D eigenvalue weighted by Crippen LogP contribution is 2.26. The summed E-state index contributed by atoms with van der Waals surface area (Å²) in [5.74, 6) is -0.490. The normalized spacial score (nSPS) is 11.2. The van der Waals surface area contributed by atoms with Crippen LogP contribution in [0, 0.1) is 0 Å². The molecule has 0 spiro atoms. The number of aromatic hydroxyl groups is 1. The van der Waals surface area contributed by atoms with Gasteiger partial charge in [0.1, 0.15) is 16.8 Å². The second kappa shape index (κ2) is 7.99. The van der Waals surface area contributed by atoms with E-state index in [9.17, 15) is 9.90 Å². The topological polar surface area (TPSA) is 128 Å². The zero-order chi connectivity index (χ0) is 22.1. The van der Waals surface area contributed by atoms with Gasteiger partial charge >= 0.3 is 5.97 Å². The second-order valence-electron chi connectivity index (χ2n) is 7.11. The molecule has 0 fully saturated rings. The molecule has 0 aliphatic heterocycles. The standard InChI is InChI=1S/C22H18N6O4/c29-20-19-17(25-22(26-20)28-13-15(11-23-28)21(30)31)12-24-27(19)9-4-10-32-18-8-3-6-14-5-1-2-7-16(14)18/h1-3,5-8,11-13H,4,9-10H2,(H,30,31)(H,25,26,29). The largest absolute Gasteiger partial charge is 0.493 e. The van der Waals surface area contributed by atoms with Crippen molar-refractivity contribution >= 4 is 27.8 Å². The van der Waals surface area contributed by atoms with Crippen molar-refractivity contribution in [3.63, 3.8) is 0 Å². The predicted molar refractivity (Wildman–Crippen MR) is 115 cm³/mol. The molecule has 0 bridgehead atoms. The molecular weight excluding hydrogens is 412 g/mol. The number of aromatic carboxylic acids is 1. The van der Waals surface area contributed by atoms with E-state index in [4.69, 9.17) is 9.84 Å². The first-order valence-electron chi connectivity index (χ1n) is 9.91. The number of benzene rings is 2. The number of aryl methyl sites for hydroxylation is 1. The Balaban J connectivity index is 1.30. The highest BCUT2D eigenvalue weighted by molar-refractivity contribution is 5.88. The molecule has 2 N–H and O–H groups in total. The van der Waals surface area contributed by atoms with Crippen molar-refractivity contribution in [2.45, 2.75) is 13.0 Å². The van der Waals surface area contributed by atoms with Crippen LogP contribution >= 0.6 is 0 Å². The van der Waals surface area contributed by atoms with Gasteiger partial charge < -0.3 is 14.9 Å². The SMILES string of the molecule is O=C(O)c1cnn(-c2nc(O)c3c(cnn3CCCOc3cccc4ccccc34)n2)c1. The maximum absolute atomic E-state index is 11.0. The van der Waals surface area contributed by atoms with Crippen molar-refractivity contribution in [1.82, 2.24) is 29.5 Å².